The number of amides is 1. The van der Waals surface area contributed by atoms with Crippen LogP contribution in [0.25, 0.3) is 0 Å². The maximum atomic E-state index is 13.2. The Balaban J connectivity index is 2.25. The van der Waals surface area contributed by atoms with Crippen LogP contribution in [0.2, 0.25) is 0 Å². The normalized spacial score (nSPS) is 21.8. The van der Waals surface area contributed by atoms with Gasteiger partial charge in [0, 0.05) is 5.92 Å². The third kappa shape index (κ3) is 3.61. The highest BCUT2D eigenvalue weighted by Crippen LogP contribution is 2.41. The number of carbonyl (C=O) groups is 1. The molecule has 0 bridgehead atoms. The molecule has 0 heterocycles. The van der Waals surface area contributed by atoms with Gasteiger partial charge >= 0.3 is 10.2 Å². The second kappa shape index (κ2) is 5.75. The number of para-hydroxylation sites is 1. The molecule has 1 aromatic carbocycles. The van der Waals surface area contributed by atoms with Gasteiger partial charge in [0.2, 0.25) is 5.91 Å². The molecule has 1 aromatic rings. The van der Waals surface area contributed by atoms with Crippen LogP contribution in [0, 0.1) is 11.3 Å². The molecule has 1 saturated carbocycles. The predicted octanol–water partition coefficient (Wildman–Crippen LogP) is 3.50. The lowest BCUT2D eigenvalue weighted by Gasteiger charge is -2.37. The smallest absolute Gasteiger partial charge is 0.325 e. The van der Waals surface area contributed by atoms with Crippen LogP contribution in [0.15, 0.2) is 29.2 Å². The first-order valence-corrected chi connectivity index (χ1v) is 8.45. The largest absolute Gasteiger partial charge is 0.334 e. The molecular formula is C15H20FNO3S. The minimum atomic E-state index is -4.85. The Morgan fingerprint density at radius 3 is 2.57 bits per heavy atom. The Labute approximate surface area is 125 Å². The topological polar surface area (TPSA) is 63.2 Å². The van der Waals surface area contributed by atoms with E-state index in [0.717, 1.165) is 31.7 Å². The highest BCUT2D eigenvalue weighted by atomic mass is 32.3. The van der Waals surface area contributed by atoms with Gasteiger partial charge in [-0.25, -0.2) is 0 Å². The first kappa shape index (κ1) is 15.9. The summed E-state index contributed by atoms with van der Waals surface area (Å²) in [7, 11) is -4.85. The van der Waals surface area contributed by atoms with Gasteiger partial charge in [0.25, 0.3) is 0 Å². The average molecular weight is 313 g/mol. The molecule has 6 heteroatoms. The van der Waals surface area contributed by atoms with Gasteiger partial charge in [-0.3, -0.25) is 4.79 Å². The van der Waals surface area contributed by atoms with Gasteiger partial charge in [-0.1, -0.05) is 38.8 Å². The average Bonchev–Trinajstić information content (AvgIpc) is 2.37. The highest BCUT2D eigenvalue weighted by Gasteiger charge is 2.37. The molecular weight excluding hydrogens is 293 g/mol. The van der Waals surface area contributed by atoms with Crippen molar-refractivity contribution >= 4 is 21.8 Å². The van der Waals surface area contributed by atoms with E-state index in [1.165, 1.54) is 12.1 Å². The molecule has 21 heavy (non-hydrogen) atoms. The third-order valence-corrected chi connectivity index (χ3v) is 5.11. The molecule has 0 spiro atoms. The first-order chi connectivity index (χ1) is 9.72. The van der Waals surface area contributed by atoms with E-state index in [4.69, 9.17) is 0 Å². The molecule has 1 unspecified atom stereocenters. The van der Waals surface area contributed by atoms with Crippen LogP contribution < -0.4 is 5.32 Å². The zero-order chi connectivity index (χ0) is 15.7. The van der Waals surface area contributed by atoms with Crippen LogP contribution in [0.5, 0.6) is 0 Å². The molecule has 116 valence electrons. The van der Waals surface area contributed by atoms with Crippen molar-refractivity contribution < 1.29 is 17.1 Å². The molecule has 1 aliphatic carbocycles. The fourth-order valence-corrected chi connectivity index (χ4v) is 3.61. The standard InChI is InChI=1S/C15H20FNO3S/c1-15(2)10-6-5-7-11(15)14(18)17-12-8-3-4-9-13(12)21(16,19)20/h3-4,8-9,11H,5-7,10H2,1-2H3,(H,17,18). The van der Waals surface area contributed by atoms with Gasteiger partial charge in [0.15, 0.2) is 0 Å². The lowest BCUT2D eigenvalue weighted by molar-refractivity contribution is -0.124. The zero-order valence-electron chi connectivity index (χ0n) is 12.2. The number of carbonyl (C=O) groups excluding carboxylic acids is 1. The van der Waals surface area contributed by atoms with Crippen LogP contribution in [-0.4, -0.2) is 14.3 Å². The summed E-state index contributed by atoms with van der Waals surface area (Å²) < 4.78 is 35.5. The van der Waals surface area contributed by atoms with Crippen molar-refractivity contribution in [2.24, 2.45) is 11.3 Å². The number of hydrogen-bond donors (Lipinski definition) is 1. The van der Waals surface area contributed by atoms with Crippen molar-refractivity contribution in [3.8, 4) is 0 Å². The molecule has 1 fully saturated rings. The van der Waals surface area contributed by atoms with Crippen molar-refractivity contribution in [1.29, 1.82) is 0 Å². The van der Waals surface area contributed by atoms with Crippen LogP contribution in [0.3, 0.4) is 0 Å². The van der Waals surface area contributed by atoms with E-state index < -0.39 is 15.1 Å². The third-order valence-electron chi connectivity index (χ3n) is 4.23. The second-order valence-electron chi connectivity index (χ2n) is 6.21. The summed E-state index contributed by atoms with van der Waals surface area (Å²) >= 11 is 0. The Morgan fingerprint density at radius 2 is 1.95 bits per heavy atom. The molecule has 1 atom stereocenters. The van der Waals surface area contributed by atoms with Gasteiger partial charge in [-0.2, -0.15) is 8.42 Å². The fraction of sp³-hybridized carbons (Fsp3) is 0.533. The van der Waals surface area contributed by atoms with Gasteiger partial charge in [-0.15, -0.1) is 3.89 Å². The summed E-state index contributed by atoms with van der Waals surface area (Å²) in [6.07, 6.45) is 3.79. The maximum Gasteiger partial charge on any atom is 0.334 e. The van der Waals surface area contributed by atoms with Crippen LogP contribution in [0.4, 0.5) is 9.57 Å². The van der Waals surface area contributed by atoms with E-state index in [1.54, 1.807) is 6.07 Å². The molecule has 1 amide bonds. The summed E-state index contributed by atoms with van der Waals surface area (Å²) in [5.41, 5.74) is -0.127. The van der Waals surface area contributed by atoms with Gasteiger partial charge < -0.3 is 5.32 Å². The molecule has 4 nitrogen and oxygen atoms in total. The zero-order valence-corrected chi connectivity index (χ0v) is 13.0. The Kier molecular flexibility index (Phi) is 4.37. The molecule has 0 radical (unpaired) electrons. The Bertz CT molecular complexity index is 640. The molecule has 0 aromatic heterocycles. The lowest BCUT2D eigenvalue weighted by atomic mass is 9.68. The second-order valence-corrected chi connectivity index (χ2v) is 7.53. The minimum Gasteiger partial charge on any atom is -0.325 e. The van der Waals surface area contributed by atoms with Crippen molar-refractivity contribution in [2.75, 3.05) is 5.32 Å². The number of hydrogen-bond acceptors (Lipinski definition) is 3. The number of halogens is 1. The number of benzene rings is 1. The Hall–Kier alpha value is -1.43. The summed E-state index contributed by atoms with van der Waals surface area (Å²) in [4.78, 5) is 11.9. The molecule has 1 N–H and O–H groups in total. The van der Waals surface area contributed by atoms with Crippen molar-refractivity contribution in [3.63, 3.8) is 0 Å². The van der Waals surface area contributed by atoms with E-state index in [0.29, 0.717) is 0 Å². The van der Waals surface area contributed by atoms with E-state index in [2.05, 4.69) is 5.32 Å². The predicted molar refractivity (Wildman–Crippen MR) is 79.1 cm³/mol. The van der Waals surface area contributed by atoms with E-state index in [9.17, 15) is 17.1 Å². The Morgan fingerprint density at radius 1 is 1.29 bits per heavy atom. The monoisotopic (exact) mass is 313 g/mol. The molecule has 0 saturated heterocycles. The van der Waals surface area contributed by atoms with E-state index in [1.807, 2.05) is 13.8 Å². The summed E-state index contributed by atoms with van der Waals surface area (Å²) in [5, 5.41) is 2.58. The van der Waals surface area contributed by atoms with Gasteiger partial charge in [0.05, 0.1) is 5.69 Å². The number of anilines is 1. The van der Waals surface area contributed by atoms with Crippen LogP contribution in [-0.2, 0) is 15.0 Å². The SMILES string of the molecule is CC1(C)CCCCC1C(=O)Nc1ccccc1S(=O)(=O)F. The quantitative estimate of drug-likeness (QED) is 0.869. The lowest BCUT2D eigenvalue weighted by Crippen LogP contribution is -2.37. The van der Waals surface area contributed by atoms with Gasteiger partial charge in [0.1, 0.15) is 4.90 Å². The van der Waals surface area contributed by atoms with Crippen molar-refractivity contribution in [1.82, 2.24) is 0 Å². The number of rotatable bonds is 3. The summed E-state index contributed by atoms with van der Waals surface area (Å²) in [6, 6.07) is 5.54. The van der Waals surface area contributed by atoms with Crippen molar-refractivity contribution in [3.05, 3.63) is 24.3 Å². The molecule has 2 rings (SSSR count). The summed E-state index contributed by atoms with van der Waals surface area (Å²) in [5.74, 6) is -0.433. The first-order valence-electron chi connectivity index (χ1n) is 7.06. The minimum absolute atomic E-state index is 0.00590. The summed E-state index contributed by atoms with van der Waals surface area (Å²) in [6.45, 7) is 4.07. The van der Waals surface area contributed by atoms with Crippen LogP contribution in [0.1, 0.15) is 39.5 Å². The highest BCUT2D eigenvalue weighted by molar-refractivity contribution is 7.86. The van der Waals surface area contributed by atoms with Crippen LogP contribution >= 0.6 is 0 Å². The number of nitrogens with one attached hydrogen (secondary N) is 1. The fourth-order valence-electron chi connectivity index (χ4n) is 2.98. The molecule has 0 aliphatic heterocycles. The van der Waals surface area contributed by atoms with E-state index >= 15 is 0 Å². The maximum absolute atomic E-state index is 13.2. The van der Waals surface area contributed by atoms with E-state index in [-0.39, 0.29) is 22.9 Å². The van der Waals surface area contributed by atoms with Gasteiger partial charge in [-0.05, 0) is 30.4 Å². The van der Waals surface area contributed by atoms with Crippen molar-refractivity contribution in [2.45, 2.75) is 44.4 Å². The molecule has 1 aliphatic rings.